The molecule has 1 aliphatic heterocycles. The van der Waals surface area contributed by atoms with Gasteiger partial charge in [0.15, 0.2) is 0 Å². The third-order valence-electron chi connectivity index (χ3n) is 5.03. The molecule has 21 heavy (non-hydrogen) atoms. The summed E-state index contributed by atoms with van der Waals surface area (Å²) in [5.41, 5.74) is 1.33. The van der Waals surface area contributed by atoms with Gasteiger partial charge in [-0.1, -0.05) is 0 Å². The molecule has 2 saturated carbocycles. The summed E-state index contributed by atoms with van der Waals surface area (Å²) in [6.45, 7) is 3.75. The molecule has 3 atom stereocenters. The topological polar surface area (TPSA) is 34.6 Å². The van der Waals surface area contributed by atoms with Crippen LogP contribution in [0.25, 0.3) is 0 Å². The van der Waals surface area contributed by atoms with Crippen LogP contribution in [0.3, 0.4) is 0 Å². The van der Waals surface area contributed by atoms with Gasteiger partial charge < -0.3 is 9.47 Å². The van der Waals surface area contributed by atoms with Gasteiger partial charge in [0.1, 0.15) is 0 Å². The van der Waals surface area contributed by atoms with Crippen molar-refractivity contribution in [3.63, 3.8) is 0 Å². The average Bonchev–Trinajstić information content (AvgIpc) is 3.26. The lowest BCUT2D eigenvalue weighted by atomic mass is 10.1. The molecule has 0 amide bonds. The third-order valence-corrected chi connectivity index (χ3v) is 5.03. The molecule has 0 spiro atoms. The minimum atomic E-state index is 0.273. The maximum absolute atomic E-state index is 6.26. The Labute approximate surface area is 126 Å². The first-order valence-electron chi connectivity index (χ1n) is 8.26. The summed E-state index contributed by atoms with van der Waals surface area (Å²) >= 11 is 0. The average molecular weight is 288 g/mol. The van der Waals surface area contributed by atoms with Gasteiger partial charge in [0.25, 0.3) is 0 Å². The molecule has 3 fully saturated rings. The number of rotatable bonds is 5. The lowest BCUT2D eigenvalue weighted by Crippen LogP contribution is -2.43. The van der Waals surface area contributed by atoms with Crippen molar-refractivity contribution in [1.82, 2.24) is 9.88 Å². The second kappa shape index (κ2) is 6.03. The van der Waals surface area contributed by atoms with E-state index in [1.165, 1.54) is 24.8 Å². The minimum Gasteiger partial charge on any atom is -0.374 e. The van der Waals surface area contributed by atoms with E-state index in [2.05, 4.69) is 22.0 Å². The predicted molar refractivity (Wildman–Crippen MR) is 79.9 cm³/mol. The third kappa shape index (κ3) is 3.12. The molecule has 2 heterocycles. The Kier molecular flexibility index (Phi) is 3.93. The van der Waals surface area contributed by atoms with Crippen LogP contribution in [0.4, 0.5) is 0 Å². The predicted octanol–water partition coefficient (Wildman–Crippen LogP) is 2.24. The molecule has 1 aromatic heterocycles. The molecule has 0 N–H and O–H groups in total. The van der Waals surface area contributed by atoms with Crippen LogP contribution in [0.2, 0.25) is 0 Å². The van der Waals surface area contributed by atoms with Gasteiger partial charge in [-0.3, -0.25) is 9.88 Å². The molecule has 1 saturated heterocycles. The Balaban J connectivity index is 1.45. The Morgan fingerprint density at radius 1 is 1.19 bits per heavy atom. The van der Waals surface area contributed by atoms with Crippen LogP contribution < -0.4 is 0 Å². The molecule has 0 aromatic carbocycles. The van der Waals surface area contributed by atoms with Crippen molar-refractivity contribution in [3.05, 3.63) is 30.1 Å². The fourth-order valence-corrected chi connectivity index (χ4v) is 3.64. The lowest BCUT2D eigenvalue weighted by molar-refractivity contribution is -0.0572. The van der Waals surface area contributed by atoms with Crippen LogP contribution in [0.1, 0.15) is 31.2 Å². The molecule has 1 aromatic rings. The van der Waals surface area contributed by atoms with Crippen LogP contribution in [0.5, 0.6) is 0 Å². The maximum atomic E-state index is 6.26. The zero-order valence-electron chi connectivity index (χ0n) is 12.5. The van der Waals surface area contributed by atoms with E-state index in [4.69, 9.17) is 9.47 Å². The normalized spacial score (nSPS) is 33.0. The number of hydrogen-bond acceptors (Lipinski definition) is 4. The van der Waals surface area contributed by atoms with Gasteiger partial charge in [0.05, 0.1) is 18.8 Å². The van der Waals surface area contributed by atoms with Gasteiger partial charge in [-0.15, -0.1) is 0 Å². The highest BCUT2D eigenvalue weighted by atomic mass is 16.5. The summed E-state index contributed by atoms with van der Waals surface area (Å²) in [4.78, 5) is 6.66. The summed E-state index contributed by atoms with van der Waals surface area (Å²) < 4.78 is 12.3. The second-order valence-electron chi connectivity index (χ2n) is 6.62. The molecule has 4 rings (SSSR count). The van der Waals surface area contributed by atoms with Gasteiger partial charge in [-0.05, 0) is 49.3 Å². The minimum absolute atomic E-state index is 0.273. The zero-order valence-corrected chi connectivity index (χ0v) is 12.5. The molecule has 3 aliphatic rings. The molecule has 2 aliphatic carbocycles. The monoisotopic (exact) mass is 288 g/mol. The van der Waals surface area contributed by atoms with Gasteiger partial charge in [0.2, 0.25) is 0 Å². The van der Waals surface area contributed by atoms with Crippen molar-refractivity contribution in [2.24, 2.45) is 5.92 Å². The number of pyridine rings is 1. The smallest absolute Gasteiger partial charge is 0.0991 e. The van der Waals surface area contributed by atoms with E-state index < -0.39 is 0 Å². The summed E-state index contributed by atoms with van der Waals surface area (Å²) in [6.07, 6.45) is 9.39. The Morgan fingerprint density at radius 3 is 2.86 bits per heavy atom. The maximum Gasteiger partial charge on any atom is 0.0991 e. The molecule has 4 heteroatoms. The van der Waals surface area contributed by atoms with E-state index in [0.29, 0.717) is 12.1 Å². The van der Waals surface area contributed by atoms with Crippen molar-refractivity contribution < 1.29 is 9.47 Å². The van der Waals surface area contributed by atoms with Crippen LogP contribution in [0, 0.1) is 5.92 Å². The van der Waals surface area contributed by atoms with Crippen molar-refractivity contribution in [3.8, 4) is 0 Å². The first-order chi connectivity index (χ1) is 10.4. The van der Waals surface area contributed by atoms with E-state index in [9.17, 15) is 0 Å². The summed E-state index contributed by atoms with van der Waals surface area (Å²) in [5.74, 6) is 0.821. The Hall–Kier alpha value is -0.970. The van der Waals surface area contributed by atoms with Crippen molar-refractivity contribution in [2.45, 2.75) is 50.5 Å². The fraction of sp³-hybridized carbons (Fsp3) is 0.706. The molecule has 0 radical (unpaired) electrons. The molecule has 4 nitrogen and oxygen atoms in total. The Morgan fingerprint density at radius 2 is 2.05 bits per heavy atom. The SMILES string of the molecule is c1cc(CN2CCO[C@H]3CC[C@H]2[C@H]3OCC2CC2)ccn1. The fourth-order valence-electron chi connectivity index (χ4n) is 3.64. The molecule has 2 bridgehead atoms. The van der Waals surface area contributed by atoms with E-state index in [1.54, 1.807) is 0 Å². The van der Waals surface area contributed by atoms with E-state index in [1.807, 2.05) is 12.4 Å². The van der Waals surface area contributed by atoms with Crippen LogP contribution in [0.15, 0.2) is 24.5 Å². The zero-order chi connectivity index (χ0) is 14.1. The van der Waals surface area contributed by atoms with Crippen molar-refractivity contribution >= 4 is 0 Å². The molecule has 0 unspecified atom stereocenters. The van der Waals surface area contributed by atoms with Gasteiger partial charge in [-0.25, -0.2) is 0 Å². The molecular formula is C17H24N2O2. The van der Waals surface area contributed by atoms with Crippen molar-refractivity contribution in [1.29, 1.82) is 0 Å². The van der Waals surface area contributed by atoms with Crippen LogP contribution in [-0.4, -0.2) is 47.9 Å². The number of ether oxygens (including phenoxy) is 2. The van der Waals surface area contributed by atoms with Crippen LogP contribution in [-0.2, 0) is 16.0 Å². The van der Waals surface area contributed by atoms with Crippen LogP contribution >= 0.6 is 0 Å². The molecule has 114 valence electrons. The quantitative estimate of drug-likeness (QED) is 0.832. The lowest BCUT2D eigenvalue weighted by Gasteiger charge is -2.31. The number of fused-ring (bicyclic) bond motifs is 2. The number of aromatic nitrogens is 1. The summed E-state index contributed by atoms with van der Waals surface area (Å²) in [7, 11) is 0. The largest absolute Gasteiger partial charge is 0.374 e. The first-order valence-corrected chi connectivity index (χ1v) is 8.26. The summed E-state index contributed by atoms with van der Waals surface area (Å²) in [6, 6.07) is 4.74. The van der Waals surface area contributed by atoms with E-state index in [-0.39, 0.29) is 6.10 Å². The van der Waals surface area contributed by atoms with E-state index in [0.717, 1.165) is 38.6 Å². The second-order valence-corrected chi connectivity index (χ2v) is 6.62. The Bertz CT molecular complexity index is 463. The highest BCUT2D eigenvalue weighted by Gasteiger charge is 2.43. The van der Waals surface area contributed by atoms with Gasteiger partial charge >= 0.3 is 0 Å². The van der Waals surface area contributed by atoms with Gasteiger partial charge in [-0.2, -0.15) is 0 Å². The molecular weight excluding hydrogens is 264 g/mol. The van der Waals surface area contributed by atoms with Crippen molar-refractivity contribution in [2.75, 3.05) is 19.8 Å². The highest BCUT2D eigenvalue weighted by molar-refractivity contribution is 5.10. The number of nitrogens with zero attached hydrogens (tertiary/aromatic N) is 2. The first kappa shape index (κ1) is 13.7. The summed E-state index contributed by atoms with van der Waals surface area (Å²) in [5, 5.41) is 0. The van der Waals surface area contributed by atoms with E-state index >= 15 is 0 Å². The van der Waals surface area contributed by atoms with Gasteiger partial charge in [0, 0.05) is 38.1 Å². The highest BCUT2D eigenvalue weighted by Crippen LogP contribution is 2.35. The standard InChI is InChI=1S/C17H24N2O2/c1-2-14(1)12-21-17-15-3-4-16(17)20-10-9-19(15)11-13-5-7-18-8-6-13/h5-8,14-17H,1-4,9-12H2/t15-,16-,17+/m0/s1. The number of hydrogen-bond donors (Lipinski definition) is 0.